The minimum atomic E-state index is -1.18. The van der Waals surface area contributed by atoms with E-state index in [1.807, 2.05) is 0 Å². The molecule has 0 bridgehead atoms. The van der Waals surface area contributed by atoms with E-state index >= 15 is 0 Å². The first-order chi connectivity index (χ1) is 18.6. The lowest BCUT2D eigenvalue weighted by atomic mass is 10.0. The predicted molar refractivity (Wildman–Crippen MR) is 158 cm³/mol. The third-order valence-corrected chi connectivity index (χ3v) is 7.36. The van der Waals surface area contributed by atoms with Crippen molar-refractivity contribution in [1.29, 1.82) is 0 Å². The van der Waals surface area contributed by atoms with Gasteiger partial charge in [-0.15, -0.1) is 0 Å². The fraction of sp³-hybridized carbons (Fsp3) is 0.909. The highest BCUT2D eigenvalue weighted by atomic mass is 16.8. The quantitative estimate of drug-likeness (QED) is 0.0562. The van der Waals surface area contributed by atoms with Crippen LogP contribution in [0.15, 0.2) is 0 Å². The third-order valence-electron chi connectivity index (χ3n) is 7.36. The minimum absolute atomic E-state index is 0.194. The van der Waals surface area contributed by atoms with Gasteiger partial charge in [0.05, 0.1) is 0 Å². The van der Waals surface area contributed by atoms with Crippen molar-refractivity contribution >= 4 is 18.1 Å². The molecule has 0 unspecified atom stereocenters. The number of carbonyl (C=O) groups is 3. The summed E-state index contributed by atoms with van der Waals surface area (Å²) in [6.45, 7) is 4.50. The number of carbonyl (C=O) groups excluding carboxylic acids is 3. The topological polar surface area (TPSA) is 69.7 Å². The molecule has 0 amide bonds. The second-order valence-corrected chi connectivity index (χ2v) is 11.2. The zero-order chi connectivity index (χ0) is 27.9. The van der Waals surface area contributed by atoms with Crippen LogP contribution in [0.1, 0.15) is 194 Å². The molecule has 0 radical (unpaired) electrons. The Balaban J connectivity index is 3.42. The summed E-state index contributed by atoms with van der Waals surface area (Å²) < 4.78 is 9.25. The van der Waals surface area contributed by atoms with E-state index in [4.69, 9.17) is 0 Å². The number of rotatable bonds is 28. The van der Waals surface area contributed by atoms with Crippen LogP contribution in [0.3, 0.4) is 0 Å². The van der Waals surface area contributed by atoms with Crippen LogP contribution in [0.2, 0.25) is 0 Å². The maximum absolute atomic E-state index is 11.8. The fourth-order valence-electron chi connectivity index (χ4n) is 4.88. The van der Waals surface area contributed by atoms with Crippen molar-refractivity contribution in [2.45, 2.75) is 194 Å². The lowest BCUT2D eigenvalue weighted by Crippen LogP contribution is -2.17. The highest BCUT2D eigenvalue weighted by Gasteiger charge is 2.15. The van der Waals surface area contributed by atoms with E-state index in [0.717, 1.165) is 25.7 Å². The van der Waals surface area contributed by atoms with Gasteiger partial charge in [0.25, 0.3) is 0 Å². The van der Waals surface area contributed by atoms with Gasteiger partial charge < -0.3 is 9.47 Å². The SMILES string of the molecule is CCCCCCCCCCCCCCCC(=O)OC(=O)OC(=O)CCCCCCCCCCCCCCC. The van der Waals surface area contributed by atoms with Crippen LogP contribution in [0, 0.1) is 0 Å². The molecule has 5 nitrogen and oxygen atoms in total. The van der Waals surface area contributed by atoms with Crippen LogP contribution in [-0.4, -0.2) is 18.1 Å². The zero-order valence-corrected chi connectivity index (χ0v) is 25.3. The molecule has 0 atom stereocenters. The van der Waals surface area contributed by atoms with Crippen molar-refractivity contribution < 1.29 is 23.9 Å². The number of unbranched alkanes of at least 4 members (excludes halogenated alkanes) is 24. The first kappa shape index (κ1) is 36.6. The Bertz CT molecular complexity index is 500. The molecule has 0 aliphatic rings. The Morgan fingerprint density at radius 1 is 0.342 bits per heavy atom. The molecule has 224 valence electrons. The average molecular weight is 539 g/mol. The van der Waals surface area contributed by atoms with Gasteiger partial charge in [0.1, 0.15) is 0 Å². The first-order valence-electron chi connectivity index (χ1n) is 16.6. The van der Waals surface area contributed by atoms with Gasteiger partial charge in [0, 0.05) is 12.8 Å². The van der Waals surface area contributed by atoms with Gasteiger partial charge >= 0.3 is 18.1 Å². The predicted octanol–water partition coefficient (Wildman–Crippen LogP) is 11.2. The summed E-state index contributed by atoms with van der Waals surface area (Å²) in [5.74, 6) is -1.21. The largest absolute Gasteiger partial charge is 0.524 e. The lowest BCUT2D eigenvalue weighted by molar-refractivity contribution is -0.146. The summed E-state index contributed by atoms with van der Waals surface area (Å²) in [6.07, 6.45) is 31.2. The monoisotopic (exact) mass is 538 g/mol. The van der Waals surface area contributed by atoms with Crippen molar-refractivity contribution in [2.24, 2.45) is 0 Å². The molecule has 0 aromatic heterocycles. The lowest BCUT2D eigenvalue weighted by Gasteiger charge is -2.05. The van der Waals surface area contributed by atoms with Crippen LogP contribution in [0.5, 0.6) is 0 Å². The molecule has 0 aromatic rings. The summed E-state index contributed by atoms with van der Waals surface area (Å²) >= 11 is 0. The van der Waals surface area contributed by atoms with Gasteiger partial charge in [0.15, 0.2) is 0 Å². The molecule has 0 saturated heterocycles. The summed E-state index contributed by atoms with van der Waals surface area (Å²) in [5, 5.41) is 0. The van der Waals surface area contributed by atoms with Crippen molar-refractivity contribution in [3.05, 3.63) is 0 Å². The zero-order valence-electron chi connectivity index (χ0n) is 25.3. The molecule has 0 aliphatic heterocycles. The molecule has 0 fully saturated rings. The van der Waals surface area contributed by atoms with E-state index in [1.54, 1.807) is 0 Å². The van der Waals surface area contributed by atoms with E-state index < -0.39 is 18.1 Å². The second kappa shape index (κ2) is 30.2. The third kappa shape index (κ3) is 29.2. The molecule has 0 aromatic carbocycles. The van der Waals surface area contributed by atoms with Gasteiger partial charge in [-0.05, 0) is 12.8 Å². The van der Waals surface area contributed by atoms with Crippen molar-refractivity contribution in [2.75, 3.05) is 0 Å². The molecule has 0 aliphatic carbocycles. The Morgan fingerprint density at radius 2 is 0.553 bits per heavy atom. The molecule has 0 heterocycles. The van der Waals surface area contributed by atoms with Gasteiger partial charge in [-0.1, -0.05) is 168 Å². The van der Waals surface area contributed by atoms with E-state index in [2.05, 4.69) is 23.3 Å². The maximum Gasteiger partial charge on any atom is 0.524 e. The van der Waals surface area contributed by atoms with Crippen LogP contribution >= 0.6 is 0 Å². The van der Waals surface area contributed by atoms with Crippen LogP contribution in [0.25, 0.3) is 0 Å². The second-order valence-electron chi connectivity index (χ2n) is 11.2. The van der Waals surface area contributed by atoms with E-state index in [9.17, 15) is 14.4 Å². The van der Waals surface area contributed by atoms with E-state index in [0.29, 0.717) is 12.8 Å². The molecule has 0 saturated carbocycles. The van der Waals surface area contributed by atoms with E-state index in [1.165, 1.54) is 128 Å². The highest BCUT2D eigenvalue weighted by Crippen LogP contribution is 2.14. The van der Waals surface area contributed by atoms with Crippen LogP contribution in [-0.2, 0) is 19.1 Å². The number of hydrogen-bond donors (Lipinski definition) is 0. The molecular weight excluding hydrogens is 476 g/mol. The molecular formula is C33H62O5. The number of ether oxygens (including phenoxy) is 2. The molecule has 38 heavy (non-hydrogen) atoms. The van der Waals surface area contributed by atoms with Crippen LogP contribution < -0.4 is 0 Å². The van der Waals surface area contributed by atoms with Gasteiger partial charge in [-0.3, -0.25) is 9.59 Å². The summed E-state index contributed by atoms with van der Waals surface area (Å²) in [6, 6.07) is 0. The number of hydrogen-bond acceptors (Lipinski definition) is 5. The first-order valence-corrected chi connectivity index (χ1v) is 16.6. The molecule has 0 N–H and O–H groups in total. The summed E-state index contributed by atoms with van der Waals surface area (Å²) in [4.78, 5) is 35.2. The Hall–Kier alpha value is -1.39. The van der Waals surface area contributed by atoms with Gasteiger partial charge in [-0.25, -0.2) is 4.79 Å². The van der Waals surface area contributed by atoms with Crippen molar-refractivity contribution in [1.82, 2.24) is 0 Å². The van der Waals surface area contributed by atoms with Gasteiger partial charge in [-0.2, -0.15) is 0 Å². The number of esters is 2. The van der Waals surface area contributed by atoms with Gasteiger partial charge in [0.2, 0.25) is 0 Å². The molecule has 0 rings (SSSR count). The fourth-order valence-corrected chi connectivity index (χ4v) is 4.88. The Labute approximate surface area is 235 Å². The maximum atomic E-state index is 11.8. The molecule has 0 spiro atoms. The minimum Gasteiger partial charge on any atom is -0.360 e. The Kier molecular flexibility index (Phi) is 29.1. The molecule has 5 heteroatoms. The standard InChI is InChI=1S/C33H62O5/c1-3-5-7-9-11-13-15-17-19-21-23-25-27-29-31(34)37-33(36)38-32(35)30-28-26-24-22-20-18-16-14-12-10-8-6-4-2/h3-30H2,1-2H3. The van der Waals surface area contributed by atoms with Crippen molar-refractivity contribution in [3.63, 3.8) is 0 Å². The highest BCUT2D eigenvalue weighted by molar-refractivity contribution is 5.88. The smallest absolute Gasteiger partial charge is 0.360 e. The summed E-state index contributed by atoms with van der Waals surface area (Å²) in [5.41, 5.74) is 0. The average Bonchev–Trinajstić information content (AvgIpc) is 2.89. The van der Waals surface area contributed by atoms with E-state index in [-0.39, 0.29) is 12.8 Å². The van der Waals surface area contributed by atoms with Crippen LogP contribution in [0.4, 0.5) is 4.79 Å². The summed E-state index contributed by atoms with van der Waals surface area (Å²) in [7, 11) is 0. The normalized spacial score (nSPS) is 11.0. The van der Waals surface area contributed by atoms with Crippen molar-refractivity contribution in [3.8, 4) is 0 Å². The Morgan fingerprint density at radius 3 is 0.789 bits per heavy atom.